The summed E-state index contributed by atoms with van der Waals surface area (Å²) in [5, 5.41) is 3.02. The number of carbonyl (C=O) groups excluding carboxylic acids is 3. The van der Waals surface area contributed by atoms with Gasteiger partial charge in [0, 0.05) is 17.5 Å². The third-order valence-corrected chi connectivity index (χ3v) is 8.98. The highest BCUT2D eigenvalue weighted by atomic mass is 32.2. The van der Waals surface area contributed by atoms with Crippen molar-refractivity contribution < 1.29 is 14.4 Å². The number of anilines is 1. The predicted molar refractivity (Wildman–Crippen MR) is 147 cm³/mol. The number of hydrogen-bond donors (Lipinski definition) is 1. The lowest BCUT2D eigenvalue weighted by Crippen LogP contribution is -2.48. The number of nitrogens with zero attached hydrogens (tertiary/aromatic N) is 1. The lowest BCUT2D eigenvalue weighted by Gasteiger charge is -2.45. The molecule has 0 unspecified atom stereocenters. The zero-order chi connectivity index (χ0) is 25.8. The van der Waals surface area contributed by atoms with E-state index in [0.29, 0.717) is 17.9 Å². The zero-order valence-electron chi connectivity index (χ0n) is 21.2. The standard InChI is InChI=1S/C31H30N2O3S/c1-17-12-13-23(18(2)16-17)32-29(34)24(14-15-37-3)33-30(35)27-25-19-8-4-5-9-20(19)26(28(27)31(33)36)22-11-7-6-10-21(22)25/h4-13,16,24-28H,14-15H2,1-3H3,(H,32,34)/t24-,25?,26?,27-,28+/m0/s1. The van der Waals surface area contributed by atoms with E-state index in [4.69, 9.17) is 0 Å². The van der Waals surface area contributed by atoms with Crippen molar-refractivity contribution in [2.45, 2.75) is 38.1 Å². The fraction of sp³-hybridized carbons (Fsp3) is 0.323. The quantitative estimate of drug-likeness (QED) is 0.460. The molecule has 3 aromatic carbocycles. The fourth-order valence-electron chi connectivity index (χ4n) is 6.78. The molecule has 1 N–H and O–H groups in total. The summed E-state index contributed by atoms with van der Waals surface area (Å²) in [7, 11) is 0. The summed E-state index contributed by atoms with van der Waals surface area (Å²) in [6.07, 6.45) is 2.39. The van der Waals surface area contributed by atoms with Crippen molar-refractivity contribution in [1.82, 2.24) is 4.90 Å². The van der Waals surface area contributed by atoms with Crippen molar-refractivity contribution in [3.05, 3.63) is 100 Å². The first-order valence-corrected chi connectivity index (χ1v) is 14.2. The van der Waals surface area contributed by atoms with Gasteiger partial charge in [0.15, 0.2) is 0 Å². The average Bonchev–Trinajstić information content (AvgIpc) is 3.16. The second-order valence-electron chi connectivity index (χ2n) is 10.4. The van der Waals surface area contributed by atoms with Crippen molar-refractivity contribution in [3.63, 3.8) is 0 Å². The maximum Gasteiger partial charge on any atom is 0.247 e. The number of aryl methyl sites for hydroxylation is 2. The zero-order valence-corrected chi connectivity index (χ0v) is 22.0. The highest BCUT2D eigenvalue weighted by Crippen LogP contribution is 2.61. The molecule has 3 aromatic rings. The SMILES string of the molecule is CSCC[C@@H](C(=O)Nc1ccc(C)cc1C)N1C(=O)[C@@H]2C3c4ccccc4C(c4ccccc43)[C@@H]2C1=O. The third kappa shape index (κ3) is 3.64. The minimum Gasteiger partial charge on any atom is -0.324 e. The number of likely N-dealkylation sites (tertiary alicyclic amines) is 1. The number of imide groups is 1. The lowest BCUT2D eigenvalue weighted by atomic mass is 9.55. The summed E-state index contributed by atoms with van der Waals surface area (Å²) >= 11 is 1.61. The summed E-state index contributed by atoms with van der Waals surface area (Å²) < 4.78 is 0. The van der Waals surface area contributed by atoms with Gasteiger partial charge < -0.3 is 5.32 Å². The van der Waals surface area contributed by atoms with E-state index in [1.165, 1.54) is 4.90 Å². The van der Waals surface area contributed by atoms with E-state index >= 15 is 0 Å². The van der Waals surface area contributed by atoms with Crippen LogP contribution in [-0.2, 0) is 14.4 Å². The van der Waals surface area contributed by atoms with Crippen LogP contribution in [0.5, 0.6) is 0 Å². The molecule has 3 amide bonds. The van der Waals surface area contributed by atoms with E-state index in [1.807, 2.05) is 62.6 Å². The number of amides is 3. The fourth-order valence-corrected chi connectivity index (χ4v) is 7.24. The van der Waals surface area contributed by atoms with Gasteiger partial charge in [0.05, 0.1) is 11.8 Å². The molecule has 1 fully saturated rings. The van der Waals surface area contributed by atoms with Crippen LogP contribution in [0.3, 0.4) is 0 Å². The second-order valence-corrected chi connectivity index (χ2v) is 11.4. The Morgan fingerprint density at radius 1 is 0.865 bits per heavy atom. The summed E-state index contributed by atoms with van der Waals surface area (Å²) in [4.78, 5) is 43.3. The van der Waals surface area contributed by atoms with Crippen molar-refractivity contribution in [3.8, 4) is 0 Å². The maximum absolute atomic E-state index is 14.2. The number of benzene rings is 3. The van der Waals surface area contributed by atoms with E-state index < -0.39 is 17.9 Å². The maximum atomic E-state index is 14.2. The van der Waals surface area contributed by atoms with Gasteiger partial charge in [0.1, 0.15) is 6.04 Å². The van der Waals surface area contributed by atoms with Gasteiger partial charge >= 0.3 is 0 Å². The first-order chi connectivity index (χ1) is 17.9. The van der Waals surface area contributed by atoms with Gasteiger partial charge in [-0.3, -0.25) is 19.3 Å². The monoisotopic (exact) mass is 510 g/mol. The Bertz CT molecular complexity index is 1320. The summed E-state index contributed by atoms with van der Waals surface area (Å²) in [5.74, 6) is -1.36. The minimum absolute atomic E-state index is 0.174. The molecule has 3 atom stereocenters. The molecule has 5 nitrogen and oxygen atoms in total. The number of hydrogen-bond acceptors (Lipinski definition) is 4. The topological polar surface area (TPSA) is 66.5 Å². The highest BCUT2D eigenvalue weighted by Gasteiger charge is 2.62. The smallest absolute Gasteiger partial charge is 0.247 e. The van der Waals surface area contributed by atoms with Crippen LogP contribution in [0.2, 0.25) is 0 Å². The number of carbonyl (C=O) groups is 3. The molecule has 0 aromatic heterocycles. The van der Waals surface area contributed by atoms with E-state index in [2.05, 4.69) is 29.6 Å². The lowest BCUT2D eigenvalue weighted by molar-refractivity contribution is -0.146. The van der Waals surface area contributed by atoms with Crippen molar-refractivity contribution >= 4 is 35.2 Å². The van der Waals surface area contributed by atoms with Crippen LogP contribution in [0.4, 0.5) is 5.69 Å². The molecule has 0 spiro atoms. The molecule has 37 heavy (non-hydrogen) atoms. The van der Waals surface area contributed by atoms with Gasteiger partial charge in [0.25, 0.3) is 0 Å². The molecule has 6 heteroatoms. The molecule has 1 saturated heterocycles. The van der Waals surface area contributed by atoms with Crippen molar-refractivity contribution in [1.29, 1.82) is 0 Å². The number of thioether (sulfide) groups is 1. The predicted octanol–water partition coefficient (Wildman–Crippen LogP) is 5.26. The number of nitrogens with one attached hydrogen (secondary N) is 1. The van der Waals surface area contributed by atoms with Gasteiger partial charge in [-0.1, -0.05) is 66.2 Å². The third-order valence-electron chi connectivity index (χ3n) is 8.33. The first-order valence-electron chi connectivity index (χ1n) is 12.8. The Labute approximate surface area is 221 Å². The Balaban J connectivity index is 1.40. The van der Waals surface area contributed by atoms with E-state index in [-0.39, 0.29) is 29.6 Å². The van der Waals surface area contributed by atoms with Crippen molar-refractivity contribution in [2.75, 3.05) is 17.3 Å². The van der Waals surface area contributed by atoms with Crippen LogP contribution in [0.15, 0.2) is 66.7 Å². The van der Waals surface area contributed by atoms with Gasteiger partial charge in [0.2, 0.25) is 17.7 Å². The van der Waals surface area contributed by atoms with Gasteiger partial charge in [-0.15, -0.1) is 0 Å². The Morgan fingerprint density at radius 2 is 1.38 bits per heavy atom. The van der Waals surface area contributed by atoms with Crippen molar-refractivity contribution in [2.24, 2.45) is 11.8 Å². The van der Waals surface area contributed by atoms with Gasteiger partial charge in [-0.25, -0.2) is 0 Å². The number of rotatable bonds is 6. The van der Waals surface area contributed by atoms with Crippen LogP contribution in [0.1, 0.15) is 51.6 Å². The second kappa shape index (κ2) is 9.18. The van der Waals surface area contributed by atoms with Crippen LogP contribution >= 0.6 is 11.8 Å². The van der Waals surface area contributed by atoms with E-state index in [0.717, 1.165) is 33.4 Å². The summed E-state index contributed by atoms with van der Waals surface area (Å²) in [5.41, 5.74) is 7.31. The molecule has 7 rings (SSSR count). The first kappa shape index (κ1) is 24.0. The summed E-state index contributed by atoms with van der Waals surface area (Å²) in [6, 6.07) is 21.4. The summed E-state index contributed by atoms with van der Waals surface area (Å²) in [6.45, 7) is 3.96. The molecule has 0 saturated carbocycles. The molecule has 1 aliphatic heterocycles. The molecule has 4 aliphatic rings. The largest absolute Gasteiger partial charge is 0.324 e. The van der Waals surface area contributed by atoms with Gasteiger partial charge in [-0.2, -0.15) is 11.8 Å². The Hall–Kier alpha value is -3.38. The Kier molecular flexibility index (Phi) is 5.95. The average molecular weight is 511 g/mol. The molecular weight excluding hydrogens is 480 g/mol. The van der Waals surface area contributed by atoms with Crippen LogP contribution < -0.4 is 5.32 Å². The normalized spacial score (nSPS) is 23.9. The highest BCUT2D eigenvalue weighted by molar-refractivity contribution is 7.98. The van der Waals surface area contributed by atoms with Crippen LogP contribution in [0, 0.1) is 25.7 Å². The Morgan fingerprint density at radius 3 is 1.84 bits per heavy atom. The molecule has 1 heterocycles. The van der Waals surface area contributed by atoms with E-state index in [9.17, 15) is 14.4 Å². The van der Waals surface area contributed by atoms with Crippen LogP contribution in [-0.4, -0.2) is 40.7 Å². The molecule has 2 bridgehead atoms. The molecule has 3 aliphatic carbocycles. The molecular formula is C31H30N2O3S. The van der Waals surface area contributed by atoms with Crippen LogP contribution in [0.25, 0.3) is 0 Å². The van der Waals surface area contributed by atoms with Gasteiger partial charge in [-0.05, 0) is 66.2 Å². The van der Waals surface area contributed by atoms with E-state index in [1.54, 1.807) is 11.8 Å². The molecule has 0 radical (unpaired) electrons. The minimum atomic E-state index is -0.843. The molecule has 188 valence electrons.